The minimum Gasteiger partial charge on any atom is -0.406 e. The number of likely N-dealkylation sites (tertiary alicyclic amines) is 1. The highest BCUT2D eigenvalue weighted by molar-refractivity contribution is 7.89. The van der Waals surface area contributed by atoms with Crippen LogP contribution >= 0.6 is 11.6 Å². The van der Waals surface area contributed by atoms with Crippen molar-refractivity contribution in [1.29, 1.82) is 0 Å². The zero-order valence-corrected chi connectivity index (χ0v) is 19.2. The lowest BCUT2D eigenvalue weighted by molar-refractivity contribution is -0.274. The van der Waals surface area contributed by atoms with Gasteiger partial charge in [0.1, 0.15) is 11.6 Å². The van der Waals surface area contributed by atoms with Crippen molar-refractivity contribution in [3.8, 4) is 5.75 Å². The van der Waals surface area contributed by atoms with E-state index in [1.165, 1.54) is 12.1 Å². The fourth-order valence-electron chi connectivity index (χ4n) is 3.86. The summed E-state index contributed by atoms with van der Waals surface area (Å²) in [5, 5.41) is -0.0349. The zero-order valence-electron chi connectivity index (χ0n) is 17.6. The minimum absolute atomic E-state index is 0.0349. The third-order valence-corrected chi connectivity index (χ3v) is 7.03. The van der Waals surface area contributed by atoms with Crippen LogP contribution in [0.4, 0.5) is 17.6 Å². The van der Waals surface area contributed by atoms with E-state index in [9.17, 15) is 26.0 Å². The molecule has 2 atom stereocenters. The number of nitrogens with zero attached hydrogens (tertiary/aromatic N) is 1. The van der Waals surface area contributed by atoms with Gasteiger partial charge in [-0.05, 0) is 69.2 Å². The Bertz CT molecular complexity index is 1070. The summed E-state index contributed by atoms with van der Waals surface area (Å²) in [6, 6.07) is 7.26. The lowest BCUT2D eigenvalue weighted by Crippen LogP contribution is -2.45. The van der Waals surface area contributed by atoms with Crippen LogP contribution in [0.25, 0.3) is 0 Å². The summed E-state index contributed by atoms with van der Waals surface area (Å²) >= 11 is 5.81. The van der Waals surface area contributed by atoms with Crippen LogP contribution in [0.2, 0.25) is 5.02 Å². The number of alkyl halides is 3. The first-order valence-electron chi connectivity index (χ1n) is 9.77. The van der Waals surface area contributed by atoms with Crippen molar-refractivity contribution >= 4 is 21.6 Å². The van der Waals surface area contributed by atoms with E-state index in [0.29, 0.717) is 18.5 Å². The Morgan fingerprint density at radius 1 is 1.09 bits per heavy atom. The van der Waals surface area contributed by atoms with Crippen LogP contribution in [-0.2, 0) is 10.0 Å². The highest BCUT2D eigenvalue weighted by atomic mass is 35.5. The van der Waals surface area contributed by atoms with E-state index in [0.717, 1.165) is 24.3 Å². The van der Waals surface area contributed by atoms with E-state index in [2.05, 4.69) is 14.4 Å². The molecule has 176 valence electrons. The second-order valence-electron chi connectivity index (χ2n) is 8.52. The van der Waals surface area contributed by atoms with Gasteiger partial charge < -0.3 is 4.74 Å². The van der Waals surface area contributed by atoms with E-state index in [4.69, 9.17) is 11.6 Å². The third-order valence-electron chi connectivity index (χ3n) is 5.22. The molecule has 1 aliphatic heterocycles. The number of ether oxygens (including phenoxy) is 1. The van der Waals surface area contributed by atoms with Crippen LogP contribution in [0, 0.1) is 5.82 Å². The van der Waals surface area contributed by atoms with E-state index in [1.807, 2.05) is 20.8 Å². The van der Waals surface area contributed by atoms with Gasteiger partial charge in [0.15, 0.2) is 0 Å². The average molecular weight is 495 g/mol. The molecule has 1 fully saturated rings. The summed E-state index contributed by atoms with van der Waals surface area (Å²) in [5.41, 5.74) is 0.235. The molecule has 5 nitrogen and oxygen atoms in total. The molecule has 2 aromatic rings. The number of halogens is 5. The molecule has 0 bridgehead atoms. The monoisotopic (exact) mass is 494 g/mol. The van der Waals surface area contributed by atoms with Gasteiger partial charge in [0, 0.05) is 18.1 Å². The molecule has 3 rings (SSSR count). The molecule has 2 aromatic carbocycles. The molecular formula is C21H23ClF4N2O3S. The molecule has 1 saturated heterocycles. The summed E-state index contributed by atoms with van der Waals surface area (Å²) < 4.78 is 83.5. The summed E-state index contributed by atoms with van der Waals surface area (Å²) in [5.74, 6) is -1.13. The summed E-state index contributed by atoms with van der Waals surface area (Å²) in [7, 11) is -4.07. The van der Waals surface area contributed by atoms with Crippen LogP contribution in [-0.4, -0.2) is 37.8 Å². The quantitative estimate of drug-likeness (QED) is 0.575. The first-order chi connectivity index (χ1) is 14.7. The molecule has 0 spiro atoms. The molecule has 0 unspecified atom stereocenters. The van der Waals surface area contributed by atoms with Gasteiger partial charge in [-0.1, -0.05) is 17.7 Å². The second kappa shape index (κ2) is 8.81. The number of rotatable bonds is 5. The molecule has 1 heterocycles. The van der Waals surface area contributed by atoms with E-state index in [1.54, 1.807) is 6.07 Å². The van der Waals surface area contributed by atoms with Crippen molar-refractivity contribution < 1.29 is 30.7 Å². The maximum absolute atomic E-state index is 14.2. The van der Waals surface area contributed by atoms with Crippen molar-refractivity contribution in [2.24, 2.45) is 0 Å². The lowest BCUT2D eigenvalue weighted by Gasteiger charge is -2.39. The van der Waals surface area contributed by atoms with Gasteiger partial charge in [0.25, 0.3) is 0 Å². The fourth-order valence-corrected chi connectivity index (χ4v) is 5.26. The number of nitrogens with one attached hydrogen (secondary N) is 1. The van der Waals surface area contributed by atoms with Crippen LogP contribution in [0.15, 0.2) is 47.4 Å². The highest BCUT2D eigenvalue weighted by Crippen LogP contribution is 2.39. The van der Waals surface area contributed by atoms with Crippen LogP contribution < -0.4 is 9.46 Å². The van der Waals surface area contributed by atoms with Crippen LogP contribution in [0.1, 0.15) is 38.8 Å². The standard InChI is InChI=1S/C21H23ClF4N2O3S/c1-20(2,3)28-11-10-18(19(28)13-4-9-16(22)17(23)12-13)27-32(29,30)15-7-5-14(6-8-15)31-21(24,25)26/h4-9,12,18-19,27H,10-11H2,1-3H3/t18-,19+/m1/s1. The second-order valence-corrected chi connectivity index (χ2v) is 10.6. The van der Waals surface area contributed by atoms with Gasteiger partial charge in [-0.25, -0.2) is 17.5 Å². The van der Waals surface area contributed by atoms with Gasteiger partial charge in [-0.2, -0.15) is 0 Å². The third kappa shape index (κ3) is 5.72. The zero-order chi connectivity index (χ0) is 23.9. The van der Waals surface area contributed by atoms with Crippen molar-refractivity contribution in [2.75, 3.05) is 6.54 Å². The predicted octanol–water partition coefficient (Wildman–Crippen LogP) is 5.27. The lowest BCUT2D eigenvalue weighted by atomic mass is 9.97. The molecule has 0 aromatic heterocycles. The molecule has 0 saturated carbocycles. The largest absolute Gasteiger partial charge is 0.573 e. The van der Waals surface area contributed by atoms with Crippen LogP contribution in [0.3, 0.4) is 0 Å². The maximum Gasteiger partial charge on any atom is 0.573 e. The molecule has 0 amide bonds. The van der Waals surface area contributed by atoms with Gasteiger partial charge in [0.05, 0.1) is 16.0 Å². The van der Waals surface area contributed by atoms with Crippen molar-refractivity contribution in [3.63, 3.8) is 0 Å². The Morgan fingerprint density at radius 2 is 1.72 bits per heavy atom. The molecule has 32 heavy (non-hydrogen) atoms. The molecule has 0 aliphatic carbocycles. The smallest absolute Gasteiger partial charge is 0.406 e. The Kier molecular flexibility index (Phi) is 6.82. The number of hydrogen-bond donors (Lipinski definition) is 1. The normalized spacial score (nSPS) is 20.5. The summed E-state index contributed by atoms with van der Waals surface area (Å²) in [6.07, 6.45) is -4.42. The SMILES string of the molecule is CC(C)(C)N1CC[C@@H](NS(=O)(=O)c2ccc(OC(F)(F)F)cc2)[C@@H]1c1ccc(Cl)c(F)c1. The topological polar surface area (TPSA) is 58.6 Å². The number of hydrogen-bond acceptors (Lipinski definition) is 4. The summed E-state index contributed by atoms with van der Waals surface area (Å²) in [6.45, 7) is 6.48. The van der Waals surface area contributed by atoms with Gasteiger partial charge in [0.2, 0.25) is 10.0 Å². The highest BCUT2D eigenvalue weighted by Gasteiger charge is 2.42. The van der Waals surface area contributed by atoms with Crippen molar-refractivity contribution in [2.45, 2.75) is 56.1 Å². The van der Waals surface area contributed by atoms with Crippen LogP contribution in [0.5, 0.6) is 5.75 Å². The molecule has 11 heteroatoms. The Balaban J connectivity index is 1.89. The molecule has 1 aliphatic rings. The minimum atomic E-state index is -4.88. The van der Waals surface area contributed by atoms with Gasteiger partial charge in [-0.3, -0.25) is 4.90 Å². The van der Waals surface area contributed by atoms with Crippen molar-refractivity contribution in [3.05, 3.63) is 58.9 Å². The van der Waals surface area contributed by atoms with E-state index < -0.39 is 40.0 Å². The Hall–Kier alpha value is -1.88. The maximum atomic E-state index is 14.2. The molecule has 1 N–H and O–H groups in total. The van der Waals surface area contributed by atoms with E-state index >= 15 is 0 Å². The Morgan fingerprint density at radius 3 is 2.25 bits per heavy atom. The Labute approximate surface area is 189 Å². The molecule has 0 radical (unpaired) electrons. The number of sulfonamides is 1. The average Bonchev–Trinajstić information content (AvgIpc) is 3.06. The predicted molar refractivity (Wildman–Crippen MR) is 112 cm³/mol. The molecular weight excluding hydrogens is 472 g/mol. The fraction of sp³-hybridized carbons (Fsp3) is 0.429. The van der Waals surface area contributed by atoms with Crippen molar-refractivity contribution in [1.82, 2.24) is 9.62 Å². The summed E-state index contributed by atoms with van der Waals surface area (Å²) in [4.78, 5) is 1.87. The first kappa shape index (κ1) is 24.8. The number of benzene rings is 2. The van der Waals surface area contributed by atoms with Gasteiger partial charge in [-0.15, -0.1) is 13.2 Å². The first-order valence-corrected chi connectivity index (χ1v) is 11.6. The van der Waals surface area contributed by atoms with E-state index in [-0.39, 0.29) is 15.5 Å². The van der Waals surface area contributed by atoms with Gasteiger partial charge >= 0.3 is 6.36 Å².